The molecule has 1 heterocycles. The summed E-state index contributed by atoms with van der Waals surface area (Å²) in [6.45, 7) is 7.20. The zero-order valence-corrected chi connectivity index (χ0v) is 16.3. The molecule has 6 N–H and O–H groups in total. The van der Waals surface area contributed by atoms with Crippen molar-refractivity contribution in [3.8, 4) is 0 Å². The van der Waals surface area contributed by atoms with Crippen molar-refractivity contribution >= 4 is 0 Å². The normalized spacial score (nSPS) is 46.5. The molecule has 0 aromatic heterocycles. The molecule has 10 atom stereocenters. The Labute approximate surface area is 160 Å². The standard InChI is InChI=1S/C19H34O8/c1-9(26-18-17(25)16(24)15(23)13(8-20)27-18)5-6-11-10(2)14(22)12(21)7-19(11,3)4/h5-6,9-18,20-25H,7-8H2,1-4H3/t9-,10-,11-,12-,13-,14+,15-,16+,17-,18-/m1/s1. The van der Waals surface area contributed by atoms with Crippen LogP contribution in [0.4, 0.5) is 0 Å². The first-order valence-corrected chi connectivity index (χ1v) is 9.50. The fourth-order valence-electron chi connectivity index (χ4n) is 4.22. The minimum Gasteiger partial charge on any atom is -0.394 e. The van der Waals surface area contributed by atoms with Gasteiger partial charge in [-0.3, -0.25) is 0 Å². The van der Waals surface area contributed by atoms with Gasteiger partial charge in [0.05, 0.1) is 24.9 Å². The SMILES string of the molecule is C[C@H]1[C@H](O)[C@H](O)CC(C)(C)[C@@H]1C=C[C@@H](C)O[C@@H]1O[C@H](CO)[C@@H](O)[C@H](O)[C@H]1O. The molecule has 0 radical (unpaired) electrons. The highest BCUT2D eigenvalue weighted by molar-refractivity contribution is 5.06. The maximum atomic E-state index is 10.2. The third-order valence-corrected chi connectivity index (χ3v) is 5.92. The van der Waals surface area contributed by atoms with Gasteiger partial charge in [0, 0.05) is 0 Å². The van der Waals surface area contributed by atoms with Gasteiger partial charge < -0.3 is 40.1 Å². The number of hydrogen-bond acceptors (Lipinski definition) is 8. The molecule has 1 aliphatic carbocycles. The monoisotopic (exact) mass is 390 g/mol. The van der Waals surface area contributed by atoms with Gasteiger partial charge in [0.15, 0.2) is 6.29 Å². The maximum Gasteiger partial charge on any atom is 0.187 e. The maximum absolute atomic E-state index is 10.2. The average Bonchev–Trinajstić information content (AvgIpc) is 2.59. The Bertz CT molecular complexity index is 508. The van der Waals surface area contributed by atoms with Gasteiger partial charge in [0.2, 0.25) is 0 Å². The fourth-order valence-corrected chi connectivity index (χ4v) is 4.22. The lowest BCUT2D eigenvalue weighted by Gasteiger charge is -2.46. The van der Waals surface area contributed by atoms with E-state index in [1.807, 2.05) is 26.8 Å². The smallest absolute Gasteiger partial charge is 0.187 e. The molecule has 2 fully saturated rings. The number of aliphatic hydroxyl groups is 6. The van der Waals surface area contributed by atoms with Crippen LogP contribution in [0.15, 0.2) is 12.2 Å². The third kappa shape index (κ3) is 4.89. The lowest BCUT2D eigenvalue weighted by atomic mass is 9.62. The Kier molecular flexibility index (Phi) is 7.43. The van der Waals surface area contributed by atoms with Crippen LogP contribution in [-0.4, -0.2) is 86.3 Å². The minimum absolute atomic E-state index is 0.0109. The fraction of sp³-hybridized carbons (Fsp3) is 0.895. The summed E-state index contributed by atoms with van der Waals surface area (Å²) in [5.74, 6) is -0.129. The average molecular weight is 390 g/mol. The summed E-state index contributed by atoms with van der Waals surface area (Å²) < 4.78 is 11.0. The van der Waals surface area contributed by atoms with Crippen LogP contribution in [0.5, 0.6) is 0 Å². The van der Waals surface area contributed by atoms with E-state index in [1.54, 1.807) is 13.0 Å². The molecule has 1 aliphatic heterocycles. The number of allylic oxidation sites excluding steroid dienone is 1. The summed E-state index contributed by atoms with van der Waals surface area (Å²) >= 11 is 0. The Hall–Kier alpha value is -0.580. The van der Waals surface area contributed by atoms with Crippen molar-refractivity contribution in [2.75, 3.05) is 6.61 Å². The zero-order chi connectivity index (χ0) is 20.5. The molecule has 8 heteroatoms. The molecule has 0 aromatic rings. The van der Waals surface area contributed by atoms with Crippen LogP contribution in [-0.2, 0) is 9.47 Å². The summed E-state index contributed by atoms with van der Waals surface area (Å²) in [6.07, 6.45) is -4.38. The van der Waals surface area contributed by atoms with Crippen molar-refractivity contribution in [2.24, 2.45) is 17.3 Å². The van der Waals surface area contributed by atoms with Crippen molar-refractivity contribution in [2.45, 2.75) is 83.1 Å². The van der Waals surface area contributed by atoms with E-state index in [4.69, 9.17) is 9.47 Å². The van der Waals surface area contributed by atoms with E-state index in [0.717, 1.165) is 0 Å². The lowest BCUT2D eigenvalue weighted by molar-refractivity contribution is -0.306. The van der Waals surface area contributed by atoms with E-state index in [9.17, 15) is 30.6 Å². The quantitative estimate of drug-likeness (QED) is 0.334. The van der Waals surface area contributed by atoms with E-state index < -0.39 is 55.6 Å². The highest BCUT2D eigenvalue weighted by Crippen LogP contribution is 2.45. The molecule has 2 aliphatic rings. The molecule has 0 aromatic carbocycles. The Morgan fingerprint density at radius 3 is 2.30 bits per heavy atom. The number of rotatable bonds is 5. The van der Waals surface area contributed by atoms with E-state index in [1.165, 1.54) is 0 Å². The highest BCUT2D eigenvalue weighted by atomic mass is 16.7. The highest BCUT2D eigenvalue weighted by Gasteiger charge is 2.45. The Balaban J connectivity index is 2.02. The molecule has 8 nitrogen and oxygen atoms in total. The summed E-state index contributed by atoms with van der Waals surface area (Å²) in [4.78, 5) is 0. The first kappa shape index (κ1) is 22.7. The third-order valence-electron chi connectivity index (χ3n) is 5.92. The summed E-state index contributed by atoms with van der Waals surface area (Å²) in [6, 6.07) is 0. The van der Waals surface area contributed by atoms with Gasteiger partial charge in [-0.05, 0) is 30.6 Å². The van der Waals surface area contributed by atoms with Crippen LogP contribution in [0.25, 0.3) is 0 Å². The van der Waals surface area contributed by atoms with Crippen molar-refractivity contribution in [1.82, 2.24) is 0 Å². The molecular formula is C19H34O8. The van der Waals surface area contributed by atoms with Gasteiger partial charge in [-0.2, -0.15) is 0 Å². The molecule has 0 spiro atoms. The van der Waals surface area contributed by atoms with Crippen molar-refractivity contribution in [1.29, 1.82) is 0 Å². The first-order valence-electron chi connectivity index (χ1n) is 9.50. The van der Waals surface area contributed by atoms with Gasteiger partial charge in [0.25, 0.3) is 0 Å². The van der Waals surface area contributed by atoms with Gasteiger partial charge >= 0.3 is 0 Å². The number of hydrogen-bond donors (Lipinski definition) is 6. The van der Waals surface area contributed by atoms with E-state index in [2.05, 4.69) is 0 Å². The number of aliphatic hydroxyl groups excluding tert-OH is 6. The molecule has 1 saturated carbocycles. The topological polar surface area (TPSA) is 140 Å². The first-order chi connectivity index (χ1) is 12.5. The summed E-state index contributed by atoms with van der Waals surface area (Å²) in [5, 5.41) is 59.1. The molecule has 0 bridgehead atoms. The van der Waals surface area contributed by atoms with Crippen LogP contribution in [0.3, 0.4) is 0 Å². The molecule has 158 valence electrons. The van der Waals surface area contributed by atoms with Crippen LogP contribution in [0.2, 0.25) is 0 Å². The van der Waals surface area contributed by atoms with E-state index in [-0.39, 0.29) is 17.3 Å². The second-order valence-corrected chi connectivity index (χ2v) is 8.56. The predicted octanol–water partition coefficient (Wildman–Crippen LogP) is -0.848. The molecule has 0 unspecified atom stereocenters. The summed E-state index contributed by atoms with van der Waals surface area (Å²) in [7, 11) is 0. The van der Waals surface area contributed by atoms with Crippen LogP contribution in [0, 0.1) is 17.3 Å². The van der Waals surface area contributed by atoms with Gasteiger partial charge in [-0.15, -0.1) is 0 Å². The van der Waals surface area contributed by atoms with Crippen LogP contribution >= 0.6 is 0 Å². The minimum atomic E-state index is -1.48. The van der Waals surface area contributed by atoms with Gasteiger partial charge in [-0.25, -0.2) is 0 Å². The molecule has 0 amide bonds. The second kappa shape index (κ2) is 8.84. The molecular weight excluding hydrogens is 356 g/mol. The van der Waals surface area contributed by atoms with E-state index in [0.29, 0.717) is 6.42 Å². The molecule has 27 heavy (non-hydrogen) atoms. The van der Waals surface area contributed by atoms with Gasteiger partial charge in [-0.1, -0.05) is 32.9 Å². The van der Waals surface area contributed by atoms with Gasteiger partial charge in [0.1, 0.15) is 24.4 Å². The largest absolute Gasteiger partial charge is 0.394 e. The second-order valence-electron chi connectivity index (χ2n) is 8.56. The van der Waals surface area contributed by atoms with Crippen LogP contribution in [0.1, 0.15) is 34.1 Å². The van der Waals surface area contributed by atoms with Crippen molar-refractivity contribution in [3.05, 3.63) is 12.2 Å². The van der Waals surface area contributed by atoms with E-state index >= 15 is 0 Å². The van der Waals surface area contributed by atoms with Crippen LogP contribution < -0.4 is 0 Å². The molecule has 1 saturated heterocycles. The predicted molar refractivity (Wildman–Crippen MR) is 96.5 cm³/mol. The van der Waals surface area contributed by atoms with Crippen molar-refractivity contribution in [3.63, 3.8) is 0 Å². The lowest BCUT2D eigenvalue weighted by Crippen LogP contribution is -2.59. The Morgan fingerprint density at radius 1 is 1.07 bits per heavy atom. The number of ether oxygens (including phenoxy) is 2. The van der Waals surface area contributed by atoms with Crippen molar-refractivity contribution < 1.29 is 40.1 Å². The summed E-state index contributed by atoms with van der Waals surface area (Å²) in [5.41, 5.74) is -0.211. The zero-order valence-electron chi connectivity index (χ0n) is 16.3. The Morgan fingerprint density at radius 2 is 1.70 bits per heavy atom. The molecule has 2 rings (SSSR count).